The molecule has 156 valence electrons. The van der Waals surface area contributed by atoms with Crippen molar-refractivity contribution in [3.63, 3.8) is 0 Å². The van der Waals surface area contributed by atoms with Crippen LogP contribution in [0.15, 0.2) is 59.3 Å². The molecule has 0 aliphatic carbocycles. The fourth-order valence-corrected chi connectivity index (χ4v) is 3.90. The number of hydrogen-bond donors (Lipinski definition) is 0. The van der Waals surface area contributed by atoms with Crippen LogP contribution in [0.4, 0.5) is 4.39 Å². The van der Waals surface area contributed by atoms with Gasteiger partial charge in [0.1, 0.15) is 23.1 Å². The molecule has 0 radical (unpaired) electrons. The fourth-order valence-electron chi connectivity index (χ4n) is 3.52. The molecule has 0 atom stereocenters. The van der Waals surface area contributed by atoms with Crippen LogP contribution in [-0.4, -0.2) is 19.8 Å². The van der Waals surface area contributed by atoms with Crippen molar-refractivity contribution in [2.45, 2.75) is 6.92 Å². The predicted octanol–water partition coefficient (Wildman–Crippen LogP) is 6.34. The zero-order valence-electron chi connectivity index (χ0n) is 16.5. The molecule has 0 saturated heterocycles. The molecule has 2 aromatic carbocycles. The Labute approximate surface area is 191 Å². The number of benzene rings is 2. The van der Waals surface area contributed by atoms with E-state index in [1.165, 1.54) is 16.6 Å². The van der Waals surface area contributed by atoms with Crippen molar-refractivity contribution in [1.29, 1.82) is 5.26 Å². The molecule has 0 fully saturated rings. The normalized spacial score (nSPS) is 11.1. The maximum atomic E-state index is 14.4. The van der Waals surface area contributed by atoms with Gasteiger partial charge >= 0.3 is 0 Å². The van der Waals surface area contributed by atoms with Gasteiger partial charge in [-0.05, 0) is 42.8 Å². The van der Waals surface area contributed by atoms with Gasteiger partial charge in [-0.1, -0.05) is 46.6 Å². The quantitative estimate of drug-likeness (QED) is 0.311. The van der Waals surface area contributed by atoms with Gasteiger partial charge in [-0.2, -0.15) is 5.26 Å². The topological polar surface area (TPSA) is 80.0 Å². The number of halogens is 3. The van der Waals surface area contributed by atoms with Gasteiger partial charge in [-0.15, -0.1) is 5.10 Å². The lowest BCUT2D eigenvalue weighted by atomic mass is 10.0. The Morgan fingerprint density at radius 3 is 2.59 bits per heavy atom. The molecule has 6 nitrogen and oxygen atoms in total. The van der Waals surface area contributed by atoms with E-state index in [4.69, 9.17) is 27.7 Å². The summed E-state index contributed by atoms with van der Waals surface area (Å²) in [4.78, 5) is 4.51. The highest BCUT2D eigenvalue weighted by atomic mass is 35.5. The minimum Gasteiger partial charge on any atom is -0.352 e. The Balaban J connectivity index is 1.65. The SMILES string of the molecule is Cc1c(-c2c(F)cccc2Cl)noc1-c1nc2c(C#N)c(-c3ccc(Cl)cc3)ccn2n1. The zero-order chi connectivity index (χ0) is 22.4. The van der Waals surface area contributed by atoms with Crippen LogP contribution < -0.4 is 0 Å². The van der Waals surface area contributed by atoms with Crippen LogP contribution in [0.1, 0.15) is 11.1 Å². The van der Waals surface area contributed by atoms with Crippen molar-refractivity contribution in [3.8, 4) is 40.0 Å². The smallest absolute Gasteiger partial charge is 0.221 e. The minimum absolute atomic E-state index is 0.146. The first-order chi connectivity index (χ1) is 15.5. The number of hydrogen-bond acceptors (Lipinski definition) is 5. The summed E-state index contributed by atoms with van der Waals surface area (Å²) < 4.78 is 21.3. The highest BCUT2D eigenvalue weighted by Crippen LogP contribution is 2.36. The lowest BCUT2D eigenvalue weighted by Crippen LogP contribution is -1.93. The Morgan fingerprint density at radius 1 is 1.09 bits per heavy atom. The molecule has 3 heterocycles. The summed E-state index contributed by atoms with van der Waals surface area (Å²) in [5, 5.41) is 19.1. The van der Waals surface area contributed by atoms with E-state index in [9.17, 15) is 9.65 Å². The van der Waals surface area contributed by atoms with Crippen LogP contribution in [0.5, 0.6) is 0 Å². The van der Waals surface area contributed by atoms with Crippen molar-refractivity contribution in [3.05, 3.63) is 81.7 Å². The molecule has 0 N–H and O–H groups in total. The Bertz CT molecular complexity index is 1510. The number of fused-ring (bicyclic) bond motifs is 1. The van der Waals surface area contributed by atoms with Gasteiger partial charge in [0.15, 0.2) is 5.65 Å². The average molecular weight is 464 g/mol. The van der Waals surface area contributed by atoms with Crippen molar-refractivity contribution in [2.75, 3.05) is 0 Å². The van der Waals surface area contributed by atoms with Crippen LogP contribution in [0.3, 0.4) is 0 Å². The second-order valence-corrected chi connectivity index (χ2v) is 7.85. The van der Waals surface area contributed by atoms with Gasteiger partial charge in [0, 0.05) is 22.3 Å². The maximum absolute atomic E-state index is 14.4. The molecule has 9 heteroatoms. The second kappa shape index (κ2) is 7.75. The van der Waals surface area contributed by atoms with Gasteiger partial charge in [-0.3, -0.25) is 0 Å². The van der Waals surface area contributed by atoms with Gasteiger partial charge < -0.3 is 4.52 Å². The van der Waals surface area contributed by atoms with E-state index in [1.54, 1.807) is 37.4 Å². The molecule has 0 aliphatic rings. The van der Waals surface area contributed by atoms with E-state index in [2.05, 4.69) is 21.3 Å². The number of nitrogens with zero attached hydrogens (tertiary/aromatic N) is 5. The molecule has 0 spiro atoms. The highest BCUT2D eigenvalue weighted by molar-refractivity contribution is 6.33. The summed E-state index contributed by atoms with van der Waals surface area (Å²) in [5.41, 5.74) is 3.18. The van der Waals surface area contributed by atoms with Gasteiger partial charge in [0.25, 0.3) is 0 Å². The number of rotatable bonds is 3. The van der Waals surface area contributed by atoms with Crippen LogP contribution in [0, 0.1) is 24.1 Å². The van der Waals surface area contributed by atoms with Gasteiger partial charge in [-0.25, -0.2) is 13.9 Å². The van der Waals surface area contributed by atoms with E-state index in [0.29, 0.717) is 27.4 Å². The van der Waals surface area contributed by atoms with Crippen molar-refractivity contribution >= 4 is 28.8 Å². The first-order valence-corrected chi connectivity index (χ1v) is 10.2. The lowest BCUT2D eigenvalue weighted by molar-refractivity contribution is 0.431. The molecule has 0 amide bonds. The lowest BCUT2D eigenvalue weighted by Gasteiger charge is -2.05. The van der Waals surface area contributed by atoms with Crippen molar-refractivity contribution in [1.82, 2.24) is 19.8 Å². The Morgan fingerprint density at radius 2 is 1.88 bits per heavy atom. The molecule has 0 unspecified atom stereocenters. The molecular weight excluding hydrogens is 452 g/mol. The predicted molar refractivity (Wildman–Crippen MR) is 119 cm³/mol. The third-order valence-corrected chi connectivity index (χ3v) is 5.67. The van der Waals surface area contributed by atoms with E-state index in [-0.39, 0.29) is 27.9 Å². The molecule has 5 rings (SSSR count). The third kappa shape index (κ3) is 3.21. The van der Waals surface area contributed by atoms with E-state index in [0.717, 1.165) is 5.56 Å². The van der Waals surface area contributed by atoms with Gasteiger partial charge in [0.2, 0.25) is 11.6 Å². The molecule has 0 aliphatic heterocycles. The summed E-state index contributed by atoms with van der Waals surface area (Å²) in [7, 11) is 0. The molecule has 0 bridgehead atoms. The number of nitriles is 1. The van der Waals surface area contributed by atoms with Crippen LogP contribution in [0.2, 0.25) is 10.0 Å². The second-order valence-electron chi connectivity index (χ2n) is 7.01. The third-order valence-electron chi connectivity index (χ3n) is 5.10. The maximum Gasteiger partial charge on any atom is 0.221 e. The average Bonchev–Trinajstić information content (AvgIpc) is 3.37. The van der Waals surface area contributed by atoms with E-state index >= 15 is 0 Å². The van der Waals surface area contributed by atoms with Crippen molar-refractivity contribution in [2.24, 2.45) is 0 Å². The standard InChI is InChI=1S/C23H12Cl2FN5O/c1-12-20(19-17(25)3-2-4-18(19)26)30-32-21(12)22-28-23-16(11-27)15(9-10-31(23)29-22)13-5-7-14(24)8-6-13/h2-10H,1H3. The summed E-state index contributed by atoms with van der Waals surface area (Å²) in [6.45, 7) is 1.72. The monoisotopic (exact) mass is 463 g/mol. The summed E-state index contributed by atoms with van der Waals surface area (Å²) in [5.74, 6) is -0.0267. The van der Waals surface area contributed by atoms with E-state index in [1.807, 2.05) is 12.1 Å². The molecule has 5 aromatic rings. The highest BCUT2D eigenvalue weighted by Gasteiger charge is 2.24. The largest absolute Gasteiger partial charge is 0.352 e. The molecule has 3 aromatic heterocycles. The molecule has 0 saturated carbocycles. The zero-order valence-corrected chi connectivity index (χ0v) is 18.0. The Hall–Kier alpha value is -3.73. The van der Waals surface area contributed by atoms with E-state index < -0.39 is 5.82 Å². The molecule has 32 heavy (non-hydrogen) atoms. The van der Waals surface area contributed by atoms with Crippen LogP contribution in [-0.2, 0) is 0 Å². The first-order valence-electron chi connectivity index (χ1n) is 9.44. The van der Waals surface area contributed by atoms with Crippen molar-refractivity contribution < 1.29 is 8.91 Å². The van der Waals surface area contributed by atoms with Crippen LogP contribution >= 0.6 is 23.2 Å². The number of aromatic nitrogens is 4. The Kier molecular flexibility index (Phi) is 4.89. The first kappa shape index (κ1) is 20.2. The molecular formula is C23H12Cl2FN5O. The van der Waals surface area contributed by atoms with Gasteiger partial charge in [0.05, 0.1) is 10.6 Å². The summed E-state index contributed by atoms with van der Waals surface area (Å²) in [6, 6.07) is 15.6. The minimum atomic E-state index is -0.511. The van der Waals surface area contributed by atoms with Crippen LogP contribution in [0.25, 0.3) is 39.6 Å². The fraction of sp³-hybridized carbons (Fsp3) is 0.0435. The summed E-state index contributed by atoms with van der Waals surface area (Å²) in [6.07, 6.45) is 1.71. The number of pyridine rings is 1. The summed E-state index contributed by atoms with van der Waals surface area (Å²) >= 11 is 12.2.